The second-order valence-electron chi connectivity index (χ2n) is 4.30. The predicted molar refractivity (Wildman–Crippen MR) is 70.2 cm³/mol. The van der Waals surface area contributed by atoms with Gasteiger partial charge in [0.25, 0.3) is 0 Å². The van der Waals surface area contributed by atoms with Crippen LogP contribution in [0, 0.1) is 6.07 Å². The summed E-state index contributed by atoms with van der Waals surface area (Å²) in [4.78, 5) is 4.20. The van der Waals surface area contributed by atoms with E-state index >= 15 is 0 Å². The van der Waals surface area contributed by atoms with Crippen molar-refractivity contribution in [3.8, 4) is 0 Å². The highest BCUT2D eigenvalue weighted by molar-refractivity contribution is 5.83. The van der Waals surface area contributed by atoms with Crippen LogP contribution in [0.5, 0.6) is 0 Å². The number of nitrogens with zero attached hydrogens (tertiary/aromatic N) is 3. The van der Waals surface area contributed by atoms with Crippen LogP contribution in [0.3, 0.4) is 0 Å². The van der Waals surface area contributed by atoms with E-state index in [2.05, 4.69) is 31.9 Å². The summed E-state index contributed by atoms with van der Waals surface area (Å²) in [5.74, 6) is 1.26. The van der Waals surface area contributed by atoms with Crippen LogP contribution in [0.15, 0.2) is 33.7 Å². The van der Waals surface area contributed by atoms with E-state index in [-0.39, 0.29) is 11.9 Å². The van der Waals surface area contributed by atoms with Gasteiger partial charge in [-0.15, -0.1) is 5.10 Å². The number of aliphatic imine (C=N–C) groups is 1. The van der Waals surface area contributed by atoms with Crippen LogP contribution in [-0.2, 0) is 0 Å². The van der Waals surface area contributed by atoms with Gasteiger partial charge < -0.3 is 15.1 Å². The van der Waals surface area contributed by atoms with Crippen LogP contribution in [0.1, 0.15) is 24.3 Å². The average Bonchev–Trinajstić information content (AvgIpc) is 3.11. The van der Waals surface area contributed by atoms with E-state index in [9.17, 15) is 0 Å². The van der Waals surface area contributed by atoms with Gasteiger partial charge in [0.2, 0.25) is 11.9 Å². The summed E-state index contributed by atoms with van der Waals surface area (Å²) in [6.45, 7) is 3.73. The van der Waals surface area contributed by atoms with E-state index < -0.39 is 0 Å². The highest BCUT2D eigenvalue weighted by Gasteiger charge is 2.16. The molecule has 1 aromatic carbocycles. The molecule has 1 saturated heterocycles. The molecule has 1 aromatic heterocycles. The molecule has 1 aliphatic heterocycles. The Morgan fingerprint density at radius 1 is 1.37 bits per heavy atom. The van der Waals surface area contributed by atoms with E-state index in [0.29, 0.717) is 11.9 Å². The lowest BCUT2D eigenvalue weighted by molar-refractivity contribution is 0.488. The van der Waals surface area contributed by atoms with Crippen molar-refractivity contribution < 1.29 is 4.42 Å². The molecule has 6 heteroatoms. The normalized spacial score (nSPS) is 15.7. The van der Waals surface area contributed by atoms with Gasteiger partial charge in [-0.3, -0.25) is 0 Å². The first kappa shape index (κ1) is 11.7. The topological polar surface area (TPSA) is 75.3 Å². The minimum absolute atomic E-state index is 0.0309. The smallest absolute Gasteiger partial charge is 0.345 e. The second kappa shape index (κ2) is 5.09. The van der Waals surface area contributed by atoms with Crippen molar-refractivity contribution in [1.29, 1.82) is 0 Å². The molecule has 97 valence electrons. The van der Waals surface area contributed by atoms with Crippen LogP contribution >= 0.6 is 0 Å². The molecular weight excluding hydrogens is 242 g/mol. The Labute approximate surface area is 111 Å². The van der Waals surface area contributed by atoms with Crippen LogP contribution in [0.2, 0.25) is 0 Å². The third kappa shape index (κ3) is 2.57. The lowest BCUT2D eigenvalue weighted by atomic mass is 10.0. The fraction of sp³-hybridized carbons (Fsp3) is 0.308. The third-order valence-electron chi connectivity index (χ3n) is 2.95. The quantitative estimate of drug-likeness (QED) is 0.863. The van der Waals surface area contributed by atoms with Crippen LogP contribution < -0.4 is 10.6 Å². The standard InChI is InChI=1S/C13H14N5O/c1-9(10-5-3-2-4-6-10)11-17-18-13(19-11)16-12-14-7-8-15-12/h2-3,5-6,9H,7-8H2,1H3,(H2,14,15,16,18). The lowest BCUT2D eigenvalue weighted by Crippen LogP contribution is -2.23. The second-order valence-corrected chi connectivity index (χ2v) is 4.30. The van der Waals surface area contributed by atoms with Crippen LogP contribution in [0.25, 0.3) is 0 Å². The highest BCUT2D eigenvalue weighted by Crippen LogP contribution is 2.24. The van der Waals surface area contributed by atoms with Crippen molar-refractivity contribution in [1.82, 2.24) is 20.8 Å². The van der Waals surface area contributed by atoms with Crippen molar-refractivity contribution in [3.63, 3.8) is 0 Å². The van der Waals surface area contributed by atoms with Gasteiger partial charge in [-0.05, 0) is 18.6 Å². The fourth-order valence-electron chi connectivity index (χ4n) is 1.86. The SMILES string of the molecule is CC(c1c[c]ccc1)c1nnc(N=C2NCCN2)o1. The Hall–Kier alpha value is -2.37. The maximum Gasteiger partial charge on any atom is 0.345 e. The highest BCUT2D eigenvalue weighted by atomic mass is 16.4. The minimum atomic E-state index is 0.0309. The van der Waals surface area contributed by atoms with E-state index in [4.69, 9.17) is 4.42 Å². The molecule has 0 saturated carbocycles. The van der Waals surface area contributed by atoms with Crippen molar-refractivity contribution in [2.75, 3.05) is 13.1 Å². The van der Waals surface area contributed by atoms with Gasteiger partial charge in [-0.2, -0.15) is 4.99 Å². The molecule has 0 bridgehead atoms. The zero-order chi connectivity index (χ0) is 13.1. The molecule has 3 rings (SSSR count). The van der Waals surface area contributed by atoms with Gasteiger partial charge in [0.1, 0.15) is 0 Å². The monoisotopic (exact) mass is 256 g/mol. The lowest BCUT2D eigenvalue weighted by Gasteiger charge is -2.05. The molecule has 6 nitrogen and oxygen atoms in total. The van der Waals surface area contributed by atoms with Crippen molar-refractivity contribution >= 4 is 12.0 Å². The first-order chi connectivity index (χ1) is 9.33. The predicted octanol–water partition coefficient (Wildman–Crippen LogP) is 1.20. The molecule has 1 radical (unpaired) electrons. The summed E-state index contributed by atoms with van der Waals surface area (Å²) in [5, 5.41) is 14.1. The third-order valence-corrected chi connectivity index (χ3v) is 2.95. The number of hydrogen-bond acceptors (Lipinski definition) is 4. The number of hydrogen-bond donors (Lipinski definition) is 2. The molecular formula is C13H14N5O. The Morgan fingerprint density at radius 2 is 2.21 bits per heavy atom. The van der Waals surface area contributed by atoms with Gasteiger partial charge in [0.05, 0.1) is 5.92 Å². The average molecular weight is 256 g/mol. The van der Waals surface area contributed by atoms with Crippen molar-refractivity contribution in [2.24, 2.45) is 4.99 Å². The minimum Gasteiger partial charge on any atom is -0.406 e. The van der Waals surface area contributed by atoms with Crippen molar-refractivity contribution in [3.05, 3.63) is 41.8 Å². The largest absolute Gasteiger partial charge is 0.406 e. The Balaban J connectivity index is 1.79. The van der Waals surface area contributed by atoms with E-state index in [0.717, 1.165) is 18.7 Å². The molecule has 1 atom stereocenters. The molecule has 0 spiro atoms. The van der Waals surface area contributed by atoms with Crippen molar-refractivity contribution in [2.45, 2.75) is 12.8 Å². The first-order valence-electron chi connectivity index (χ1n) is 6.19. The molecule has 1 aliphatic rings. The molecule has 2 heterocycles. The summed E-state index contributed by atoms with van der Waals surface area (Å²) in [6, 6.07) is 11.0. The zero-order valence-corrected chi connectivity index (χ0v) is 10.6. The molecule has 0 amide bonds. The summed E-state index contributed by atoms with van der Waals surface area (Å²) < 4.78 is 5.56. The summed E-state index contributed by atoms with van der Waals surface area (Å²) in [6.07, 6.45) is 0. The van der Waals surface area contributed by atoms with Gasteiger partial charge in [-0.1, -0.05) is 29.4 Å². The Kier molecular flexibility index (Phi) is 3.14. The number of guanidine groups is 1. The molecule has 1 fully saturated rings. The van der Waals surface area contributed by atoms with Gasteiger partial charge in [0, 0.05) is 13.1 Å². The maximum absolute atomic E-state index is 5.56. The first-order valence-corrected chi connectivity index (χ1v) is 6.19. The Morgan fingerprint density at radius 3 is 2.95 bits per heavy atom. The van der Waals surface area contributed by atoms with Gasteiger partial charge in [0.15, 0.2) is 0 Å². The van der Waals surface area contributed by atoms with E-state index in [1.807, 2.05) is 31.2 Å². The maximum atomic E-state index is 5.56. The fourth-order valence-corrected chi connectivity index (χ4v) is 1.86. The number of benzene rings is 1. The summed E-state index contributed by atoms with van der Waals surface area (Å²) >= 11 is 0. The van der Waals surface area contributed by atoms with Gasteiger partial charge >= 0.3 is 6.01 Å². The number of aromatic nitrogens is 2. The summed E-state index contributed by atoms with van der Waals surface area (Å²) in [7, 11) is 0. The molecule has 2 aromatic rings. The molecule has 1 unspecified atom stereocenters. The Bertz CT molecular complexity index is 570. The molecule has 2 N–H and O–H groups in total. The molecule has 19 heavy (non-hydrogen) atoms. The zero-order valence-electron chi connectivity index (χ0n) is 10.6. The van der Waals surface area contributed by atoms with Crippen LogP contribution in [-0.4, -0.2) is 29.2 Å². The van der Waals surface area contributed by atoms with Crippen LogP contribution in [0.4, 0.5) is 6.01 Å². The van der Waals surface area contributed by atoms with E-state index in [1.165, 1.54) is 0 Å². The van der Waals surface area contributed by atoms with E-state index in [1.54, 1.807) is 0 Å². The number of rotatable bonds is 3. The number of nitrogens with one attached hydrogen (secondary N) is 2. The summed E-state index contributed by atoms with van der Waals surface area (Å²) in [5.41, 5.74) is 1.09. The molecule has 0 aliphatic carbocycles. The van der Waals surface area contributed by atoms with Gasteiger partial charge in [-0.25, -0.2) is 0 Å².